The maximum absolute atomic E-state index is 4.32. The highest BCUT2D eigenvalue weighted by Crippen LogP contribution is 2.23. The van der Waals surface area contributed by atoms with E-state index in [0.29, 0.717) is 6.04 Å². The van der Waals surface area contributed by atoms with Gasteiger partial charge in [0.2, 0.25) is 0 Å². The maximum Gasteiger partial charge on any atom is 0.135 e. The summed E-state index contributed by atoms with van der Waals surface area (Å²) in [5.74, 6) is 1.70. The van der Waals surface area contributed by atoms with Gasteiger partial charge in [0.25, 0.3) is 0 Å². The van der Waals surface area contributed by atoms with E-state index in [0.717, 1.165) is 21.8 Å². The van der Waals surface area contributed by atoms with Crippen LogP contribution in [0.25, 0.3) is 0 Å². The lowest BCUT2D eigenvalue weighted by atomic mass is 9.95. The van der Waals surface area contributed by atoms with Gasteiger partial charge in [-0.15, -0.1) is 0 Å². The maximum atomic E-state index is 4.32. The van der Waals surface area contributed by atoms with Gasteiger partial charge in [-0.1, -0.05) is 41.3 Å². The predicted octanol–water partition coefficient (Wildman–Crippen LogP) is 4.73. The Morgan fingerprint density at radius 1 is 1.00 bits per heavy atom. The fourth-order valence-electron chi connectivity index (χ4n) is 2.67. The van der Waals surface area contributed by atoms with Crippen molar-refractivity contribution in [3.05, 3.63) is 41.1 Å². The Bertz CT molecular complexity index is 596. The molecule has 21 heavy (non-hydrogen) atoms. The molecule has 110 valence electrons. The fourth-order valence-corrected chi connectivity index (χ4v) is 3.07. The number of nitrogens with zero attached hydrogens (tertiary/aromatic N) is 2. The van der Waals surface area contributed by atoms with Crippen LogP contribution in [0.2, 0.25) is 0 Å². The average Bonchev–Trinajstić information content (AvgIpc) is 2.49. The van der Waals surface area contributed by atoms with Gasteiger partial charge >= 0.3 is 0 Å². The van der Waals surface area contributed by atoms with Crippen molar-refractivity contribution in [2.75, 3.05) is 10.6 Å². The molecule has 0 unspecified atom stereocenters. The number of nitrogens with one attached hydrogen (secondary N) is 2. The van der Waals surface area contributed by atoms with Gasteiger partial charge in [0.15, 0.2) is 0 Å². The van der Waals surface area contributed by atoms with Crippen molar-refractivity contribution in [2.45, 2.75) is 38.1 Å². The number of aromatic nitrogens is 2. The Labute approximate surface area is 133 Å². The predicted molar refractivity (Wildman–Crippen MR) is 90.0 cm³/mol. The van der Waals surface area contributed by atoms with Gasteiger partial charge in [-0.3, -0.25) is 0 Å². The number of benzene rings is 1. The minimum atomic E-state index is 0.548. The Morgan fingerprint density at radius 2 is 1.81 bits per heavy atom. The topological polar surface area (TPSA) is 49.8 Å². The monoisotopic (exact) mass is 346 g/mol. The average molecular weight is 347 g/mol. The van der Waals surface area contributed by atoms with Crippen LogP contribution in [0.1, 0.15) is 32.1 Å². The number of rotatable bonds is 4. The fraction of sp³-hybridized carbons (Fsp3) is 0.375. The summed E-state index contributed by atoms with van der Waals surface area (Å²) in [6, 6.07) is 10.6. The van der Waals surface area contributed by atoms with Crippen molar-refractivity contribution in [1.29, 1.82) is 0 Å². The van der Waals surface area contributed by atoms with Crippen LogP contribution < -0.4 is 10.6 Å². The summed E-state index contributed by atoms with van der Waals surface area (Å²) in [7, 11) is 0. The lowest BCUT2D eigenvalue weighted by molar-refractivity contribution is 0.462. The normalized spacial score (nSPS) is 15.7. The summed E-state index contributed by atoms with van der Waals surface area (Å²) in [5.41, 5.74) is 1.01. The summed E-state index contributed by atoms with van der Waals surface area (Å²) in [4.78, 5) is 8.60. The van der Waals surface area contributed by atoms with Crippen molar-refractivity contribution < 1.29 is 0 Å². The highest BCUT2D eigenvalue weighted by molar-refractivity contribution is 9.10. The molecule has 1 heterocycles. The molecule has 1 aromatic carbocycles. The molecule has 5 heteroatoms. The Morgan fingerprint density at radius 3 is 2.62 bits per heavy atom. The molecule has 0 atom stereocenters. The third kappa shape index (κ3) is 4.17. The Kier molecular flexibility index (Phi) is 4.70. The Balaban J connectivity index is 1.67. The largest absolute Gasteiger partial charge is 0.367 e. The van der Waals surface area contributed by atoms with Crippen molar-refractivity contribution in [2.24, 2.45) is 0 Å². The van der Waals surface area contributed by atoms with Gasteiger partial charge in [0.1, 0.15) is 18.0 Å². The SMILES string of the molecule is Brc1cccc(Nc2cc(NC3CCCCC3)ncn2)c1. The third-order valence-electron chi connectivity index (χ3n) is 3.72. The van der Waals surface area contributed by atoms with Crippen LogP contribution in [0.4, 0.5) is 17.3 Å². The molecule has 2 aromatic rings. The molecule has 0 aliphatic heterocycles. The summed E-state index contributed by atoms with van der Waals surface area (Å²) < 4.78 is 1.04. The van der Waals surface area contributed by atoms with Gasteiger partial charge in [0, 0.05) is 22.3 Å². The molecule has 0 saturated heterocycles. The van der Waals surface area contributed by atoms with Crippen LogP contribution in [-0.4, -0.2) is 16.0 Å². The molecule has 2 N–H and O–H groups in total. The molecular weight excluding hydrogens is 328 g/mol. The van der Waals surface area contributed by atoms with E-state index in [1.807, 2.05) is 30.3 Å². The molecule has 1 aliphatic rings. The van der Waals surface area contributed by atoms with Crippen LogP contribution in [0.3, 0.4) is 0 Å². The zero-order valence-corrected chi connectivity index (χ0v) is 13.4. The number of anilines is 3. The lowest BCUT2D eigenvalue weighted by Crippen LogP contribution is -2.22. The van der Waals surface area contributed by atoms with E-state index >= 15 is 0 Å². The molecule has 1 saturated carbocycles. The molecule has 1 aliphatic carbocycles. The van der Waals surface area contributed by atoms with E-state index < -0.39 is 0 Å². The van der Waals surface area contributed by atoms with E-state index in [4.69, 9.17) is 0 Å². The number of halogens is 1. The van der Waals surface area contributed by atoms with Crippen LogP contribution in [0, 0.1) is 0 Å². The minimum Gasteiger partial charge on any atom is -0.367 e. The van der Waals surface area contributed by atoms with Gasteiger partial charge in [-0.25, -0.2) is 9.97 Å². The molecular formula is C16H19BrN4. The third-order valence-corrected chi connectivity index (χ3v) is 4.21. The first kappa shape index (κ1) is 14.3. The van der Waals surface area contributed by atoms with Gasteiger partial charge in [0.05, 0.1) is 0 Å². The van der Waals surface area contributed by atoms with Crippen molar-refractivity contribution >= 4 is 33.3 Å². The molecule has 0 radical (unpaired) electrons. The summed E-state index contributed by atoms with van der Waals surface area (Å²) >= 11 is 3.47. The standard InChI is InChI=1S/C16H19BrN4/c17-12-5-4-8-14(9-12)21-16-10-15(18-11-19-16)20-13-6-2-1-3-7-13/h4-5,8-11,13H,1-3,6-7H2,(H2,18,19,20,21). The second-order valence-electron chi connectivity index (χ2n) is 5.40. The minimum absolute atomic E-state index is 0.548. The molecule has 1 fully saturated rings. The first-order chi connectivity index (χ1) is 10.3. The Hall–Kier alpha value is -1.62. The van der Waals surface area contributed by atoms with Crippen LogP contribution in [0.15, 0.2) is 41.1 Å². The van der Waals surface area contributed by atoms with Gasteiger partial charge in [-0.2, -0.15) is 0 Å². The zero-order valence-electron chi connectivity index (χ0n) is 11.8. The smallest absolute Gasteiger partial charge is 0.135 e. The van der Waals surface area contributed by atoms with Crippen molar-refractivity contribution in [3.63, 3.8) is 0 Å². The second kappa shape index (κ2) is 6.89. The lowest BCUT2D eigenvalue weighted by Gasteiger charge is -2.23. The second-order valence-corrected chi connectivity index (χ2v) is 6.32. The molecule has 0 spiro atoms. The van der Waals surface area contributed by atoms with Crippen LogP contribution in [-0.2, 0) is 0 Å². The number of hydrogen-bond donors (Lipinski definition) is 2. The molecule has 0 amide bonds. The highest BCUT2D eigenvalue weighted by Gasteiger charge is 2.13. The first-order valence-electron chi connectivity index (χ1n) is 7.41. The molecule has 1 aromatic heterocycles. The molecule has 4 nitrogen and oxygen atoms in total. The van der Waals surface area contributed by atoms with Crippen LogP contribution in [0.5, 0.6) is 0 Å². The first-order valence-corrected chi connectivity index (χ1v) is 8.20. The number of hydrogen-bond acceptors (Lipinski definition) is 4. The summed E-state index contributed by atoms with van der Waals surface area (Å²) in [6.07, 6.45) is 8.05. The van der Waals surface area contributed by atoms with Crippen LogP contribution >= 0.6 is 15.9 Å². The quantitative estimate of drug-likeness (QED) is 0.840. The molecule has 3 rings (SSSR count). The van der Waals surface area contributed by atoms with Crippen molar-refractivity contribution in [3.8, 4) is 0 Å². The summed E-state index contributed by atoms with van der Waals surface area (Å²) in [6.45, 7) is 0. The van der Waals surface area contributed by atoms with Crippen molar-refractivity contribution in [1.82, 2.24) is 9.97 Å². The zero-order chi connectivity index (χ0) is 14.5. The van der Waals surface area contributed by atoms with E-state index in [1.54, 1.807) is 6.33 Å². The van der Waals surface area contributed by atoms with Gasteiger partial charge < -0.3 is 10.6 Å². The van der Waals surface area contributed by atoms with Gasteiger partial charge in [-0.05, 0) is 31.0 Å². The van der Waals surface area contributed by atoms with E-state index in [9.17, 15) is 0 Å². The highest BCUT2D eigenvalue weighted by atomic mass is 79.9. The molecule has 0 bridgehead atoms. The van der Waals surface area contributed by atoms with E-state index in [1.165, 1.54) is 32.1 Å². The van der Waals surface area contributed by atoms with E-state index in [2.05, 4.69) is 36.5 Å². The van der Waals surface area contributed by atoms with E-state index in [-0.39, 0.29) is 0 Å². The summed E-state index contributed by atoms with van der Waals surface area (Å²) in [5, 5.41) is 6.82.